The van der Waals surface area contributed by atoms with Crippen LogP contribution in [-0.4, -0.2) is 27.8 Å². The van der Waals surface area contributed by atoms with Gasteiger partial charge < -0.3 is 5.73 Å². The van der Waals surface area contributed by atoms with Crippen LogP contribution in [0.4, 0.5) is 0 Å². The Morgan fingerprint density at radius 3 is 2.31 bits per heavy atom. The highest BCUT2D eigenvalue weighted by atomic mass is 32.2. The second-order valence-corrected chi connectivity index (χ2v) is 5.84. The Morgan fingerprint density at radius 1 is 1.38 bits per heavy atom. The lowest BCUT2D eigenvalue weighted by Crippen LogP contribution is -2.40. The van der Waals surface area contributed by atoms with Crippen LogP contribution >= 0.6 is 0 Å². The molecule has 0 saturated heterocycles. The molecule has 0 atom stereocenters. The van der Waals surface area contributed by atoms with Gasteiger partial charge in [0.05, 0.1) is 6.26 Å². The summed E-state index contributed by atoms with van der Waals surface area (Å²) in [4.78, 5) is 0. The van der Waals surface area contributed by atoms with Gasteiger partial charge in [-0.2, -0.15) is 0 Å². The van der Waals surface area contributed by atoms with E-state index in [2.05, 4.69) is 4.72 Å². The Hall–Kier alpha value is -0.130. The van der Waals surface area contributed by atoms with Crippen molar-refractivity contribution in [3.05, 3.63) is 0 Å². The molecule has 1 aliphatic rings. The topological polar surface area (TPSA) is 72.2 Å². The van der Waals surface area contributed by atoms with Crippen molar-refractivity contribution in [3.63, 3.8) is 0 Å². The van der Waals surface area contributed by atoms with Crippen molar-refractivity contribution in [1.82, 2.24) is 4.72 Å². The van der Waals surface area contributed by atoms with Gasteiger partial charge in [0, 0.05) is 6.54 Å². The molecular weight excluding hydrogens is 188 g/mol. The molecule has 0 aromatic rings. The van der Waals surface area contributed by atoms with Crippen LogP contribution in [0.25, 0.3) is 0 Å². The van der Waals surface area contributed by atoms with Crippen LogP contribution < -0.4 is 10.5 Å². The zero-order valence-corrected chi connectivity index (χ0v) is 8.86. The molecule has 0 amide bonds. The smallest absolute Gasteiger partial charge is 0.208 e. The van der Waals surface area contributed by atoms with E-state index >= 15 is 0 Å². The minimum absolute atomic E-state index is 0.0308. The third-order valence-corrected chi connectivity index (χ3v) is 3.48. The standard InChI is InChI=1S/C8H18N2O2S/c1-13(11,12)10-7-8(6-9)4-2-3-5-8/h10H,2-7,9H2,1H3. The summed E-state index contributed by atoms with van der Waals surface area (Å²) in [5, 5.41) is 0. The lowest BCUT2D eigenvalue weighted by Gasteiger charge is -2.26. The molecule has 13 heavy (non-hydrogen) atoms. The summed E-state index contributed by atoms with van der Waals surface area (Å²) in [7, 11) is -3.07. The highest BCUT2D eigenvalue weighted by Gasteiger charge is 2.32. The fraction of sp³-hybridized carbons (Fsp3) is 1.00. The van der Waals surface area contributed by atoms with E-state index in [1.165, 1.54) is 19.1 Å². The fourth-order valence-electron chi connectivity index (χ4n) is 1.86. The molecular formula is C8H18N2O2S. The summed E-state index contributed by atoms with van der Waals surface area (Å²) < 4.78 is 24.3. The molecule has 0 unspecified atom stereocenters. The lowest BCUT2D eigenvalue weighted by molar-refractivity contribution is 0.309. The molecule has 0 bridgehead atoms. The van der Waals surface area contributed by atoms with Crippen molar-refractivity contribution in [1.29, 1.82) is 0 Å². The van der Waals surface area contributed by atoms with E-state index in [0.29, 0.717) is 13.1 Å². The quantitative estimate of drug-likeness (QED) is 0.683. The van der Waals surface area contributed by atoms with Crippen LogP contribution in [0, 0.1) is 5.41 Å². The molecule has 78 valence electrons. The molecule has 0 heterocycles. The SMILES string of the molecule is CS(=O)(=O)NCC1(CN)CCCC1. The van der Waals surface area contributed by atoms with Crippen molar-refractivity contribution < 1.29 is 8.42 Å². The predicted octanol–water partition coefficient (Wildman–Crippen LogP) is 0.0547. The molecule has 5 heteroatoms. The number of hydrogen-bond acceptors (Lipinski definition) is 3. The molecule has 4 nitrogen and oxygen atoms in total. The maximum atomic E-state index is 10.9. The molecule has 0 aliphatic heterocycles. The second-order valence-electron chi connectivity index (χ2n) is 4.00. The van der Waals surface area contributed by atoms with Gasteiger partial charge in [0.2, 0.25) is 10.0 Å². The highest BCUT2D eigenvalue weighted by molar-refractivity contribution is 7.88. The van der Waals surface area contributed by atoms with Gasteiger partial charge in [-0.15, -0.1) is 0 Å². The van der Waals surface area contributed by atoms with E-state index < -0.39 is 10.0 Å². The fourth-order valence-corrected chi connectivity index (χ4v) is 2.43. The van der Waals surface area contributed by atoms with Gasteiger partial charge in [-0.05, 0) is 24.8 Å². The van der Waals surface area contributed by atoms with Gasteiger partial charge in [-0.1, -0.05) is 12.8 Å². The van der Waals surface area contributed by atoms with Gasteiger partial charge >= 0.3 is 0 Å². The first kappa shape index (κ1) is 10.9. The first-order chi connectivity index (χ1) is 5.97. The normalized spacial score (nSPS) is 22.0. The van der Waals surface area contributed by atoms with Crippen molar-refractivity contribution in [2.75, 3.05) is 19.3 Å². The molecule has 0 spiro atoms. The van der Waals surface area contributed by atoms with Crippen LogP contribution in [0.2, 0.25) is 0 Å². The second kappa shape index (κ2) is 3.94. The number of rotatable bonds is 4. The van der Waals surface area contributed by atoms with Gasteiger partial charge in [0.25, 0.3) is 0 Å². The average molecular weight is 206 g/mol. The third-order valence-electron chi connectivity index (χ3n) is 2.81. The zero-order chi connectivity index (χ0) is 9.95. The number of sulfonamides is 1. The van der Waals surface area contributed by atoms with Gasteiger partial charge in [-0.3, -0.25) is 0 Å². The monoisotopic (exact) mass is 206 g/mol. The van der Waals surface area contributed by atoms with Crippen LogP contribution in [0.5, 0.6) is 0 Å². The van der Waals surface area contributed by atoms with Crippen molar-refractivity contribution in [3.8, 4) is 0 Å². The Kier molecular flexibility index (Phi) is 3.32. The Labute approximate surface area is 79.9 Å². The minimum Gasteiger partial charge on any atom is -0.330 e. The number of nitrogens with one attached hydrogen (secondary N) is 1. The predicted molar refractivity (Wildman–Crippen MR) is 52.8 cm³/mol. The molecule has 1 fully saturated rings. The van der Waals surface area contributed by atoms with E-state index in [9.17, 15) is 8.42 Å². The van der Waals surface area contributed by atoms with Crippen molar-refractivity contribution in [2.45, 2.75) is 25.7 Å². The highest BCUT2D eigenvalue weighted by Crippen LogP contribution is 2.36. The lowest BCUT2D eigenvalue weighted by atomic mass is 9.87. The van der Waals surface area contributed by atoms with E-state index in [1.807, 2.05) is 0 Å². The van der Waals surface area contributed by atoms with E-state index in [-0.39, 0.29) is 5.41 Å². The summed E-state index contributed by atoms with van der Waals surface area (Å²) in [6.07, 6.45) is 5.62. The van der Waals surface area contributed by atoms with Crippen LogP contribution in [0.1, 0.15) is 25.7 Å². The molecule has 1 aliphatic carbocycles. The van der Waals surface area contributed by atoms with Crippen molar-refractivity contribution >= 4 is 10.0 Å². The molecule has 0 aromatic carbocycles. The largest absolute Gasteiger partial charge is 0.330 e. The third kappa shape index (κ3) is 3.25. The molecule has 0 radical (unpaired) electrons. The summed E-state index contributed by atoms with van der Waals surface area (Å²) in [6, 6.07) is 0. The minimum atomic E-state index is -3.07. The van der Waals surface area contributed by atoms with Gasteiger partial charge in [-0.25, -0.2) is 13.1 Å². The van der Waals surface area contributed by atoms with Crippen LogP contribution in [-0.2, 0) is 10.0 Å². The first-order valence-electron chi connectivity index (χ1n) is 4.62. The van der Waals surface area contributed by atoms with E-state index in [4.69, 9.17) is 5.73 Å². The summed E-state index contributed by atoms with van der Waals surface area (Å²) in [5.41, 5.74) is 5.69. The molecule has 0 aromatic heterocycles. The molecule has 1 saturated carbocycles. The Bertz CT molecular complexity index is 255. The van der Waals surface area contributed by atoms with E-state index in [0.717, 1.165) is 12.8 Å². The van der Waals surface area contributed by atoms with Crippen LogP contribution in [0.3, 0.4) is 0 Å². The molecule has 1 rings (SSSR count). The average Bonchev–Trinajstić information content (AvgIpc) is 2.49. The van der Waals surface area contributed by atoms with Gasteiger partial charge in [0.1, 0.15) is 0 Å². The van der Waals surface area contributed by atoms with Crippen molar-refractivity contribution in [2.24, 2.45) is 11.1 Å². The Morgan fingerprint density at radius 2 is 1.92 bits per heavy atom. The number of nitrogens with two attached hydrogens (primary N) is 1. The van der Waals surface area contributed by atoms with Gasteiger partial charge in [0.15, 0.2) is 0 Å². The summed E-state index contributed by atoms with van der Waals surface area (Å²) in [6.45, 7) is 1.08. The Balaban J connectivity index is 2.50. The summed E-state index contributed by atoms with van der Waals surface area (Å²) in [5.74, 6) is 0. The number of hydrogen-bond donors (Lipinski definition) is 2. The maximum absolute atomic E-state index is 10.9. The van der Waals surface area contributed by atoms with E-state index in [1.54, 1.807) is 0 Å². The summed E-state index contributed by atoms with van der Waals surface area (Å²) >= 11 is 0. The first-order valence-corrected chi connectivity index (χ1v) is 6.51. The molecule has 3 N–H and O–H groups in total. The zero-order valence-electron chi connectivity index (χ0n) is 8.04. The maximum Gasteiger partial charge on any atom is 0.208 e. The van der Waals surface area contributed by atoms with Crippen LogP contribution in [0.15, 0.2) is 0 Å².